The van der Waals surface area contributed by atoms with E-state index in [-0.39, 0.29) is 11.3 Å². The van der Waals surface area contributed by atoms with Crippen LogP contribution in [0, 0.1) is 23.0 Å². The van der Waals surface area contributed by atoms with E-state index in [2.05, 4.69) is 4.98 Å². The number of thiazole rings is 1. The molecule has 0 N–H and O–H groups in total. The van der Waals surface area contributed by atoms with Crippen molar-refractivity contribution in [1.29, 1.82) is 5.26 Å². The summed E-state index contributed by atoms with van der Waals surface area (Å²) >= 11 is 0. The van der Waals surface area contributed by atoms with Gasteiger partial charge in [-0.15, -0.1) is 0 Å². The fourth-order valence-corrected chi connectivity index (χ4v) is 3.04. The zero-order chi connectivity index (χ0) is 11.5. The molecule has 0 fully saturated rings. The van der Waals surface area contributed by atoms with E-state index in [1.807, 2.05) is 6.07 Å². The Bertz CT molecular complexity index is 537. The van der Waals surface area contributed by atoms with Gasteiger partial charge in [-0.05, 0) is 12.1 Å². The molecule has 2 rings (SSSR count). The van der Waals surface area contributed by atoms with Gasteiger partial charge >= 0.3 is 0 Å². The Balaban J connectivity index is 2.59. The monoisotopic (exact) mass is 237 g/mol. The highest BCUT2D eigenvalue weighted by Crippen LogP contribution is 2.37. The molecular formula is C11H7F2N2S+. The lowest BCUT2D eigenvalue weighted by atomic mass is 10.3. The molecule has 0 amide bonds. The van der Waals surface area contributed by atoms with Crippen LogP contribution >= 0.6 is 10.5 Å². The third-order valence-corrected chi connectivity index (χ3v) is 4.02. The van der Waals surface area contributed by atoms with Gasteiger partial charge in [0.05, 0.1) is 12.3 Å². The lowest BCUT2D eigenvalue weighted by Crippen LogP contribution is -1.88. The predicted molar refractivity (Wildman–Crippen MR) is 57.3 cm³/mol. The number of rotatable bonds is 2. The summed E-state index contributed by atoms with van der Waals surface area (Å²) in [4.78, 5) is 3.95. The van der Waals surface area contributed by atoms with Crippen LogP contribution < -0.4 is 0 Å². The number of benzene rings is 1. The number of hydrogen-bond donors (Lipinski definition) is 0. The van der Waals surface area contributed by atoms with Crippen molar-refractivity contribution in [3.05, 3.63) is 46.4 Å². The molecule has 1 unspecified atom stereocenters. The second kappa shape index (κ2) is 4.37. The van der Waals surface area contributed by atoms with E-state index in [9.17, 15) is 8.78 Å². The Kier molecular flexibility index (Phi) is 2.93. The third kappa shape index (κ3) is 1.79. The molecular weight excluding hydrogens is 230 g/mol. The largest absolute Gasteiger partial charge is 0.262 e. The van der Waals surface area contributed by atoms with E-state index in [1.54, 1.807) is 5.38 Å². The quantitative estimate of drug-likeness (QED) is 0.752. The second-order valence-corrected chi connectivity index (χ2v) is 4.86. The minimum atomic E-state index is -0.855. The maximum Gasteiger partial charge on any atom is 0.262 e. The SMILES string of the molecule is N#CCc1ncc[s+]1-c1c(F)cccc1F. The van der Waals surface area contributed by atoms with Crippen LogP contribution in [0.1, 0.15) is 5.01 Å². The Morgan fingerprint density at radius 3 is 2.62 bits per heavy atom. The molecule has 0 saturated carbocycles. The standard InChI is InChI=1S/C11H7F2N2S/c12-8-2-1-3-9(13)11(8)16-7-6-15-10(16)4-5-14/h1-3,6-7H,4H2/q+1. The van der Waals surface area contributed by atoms with E-state index in [0.29, 0.717) is 5.01 Å². The predicted octanol–water partition coefficient (Wildman–Crippen LogP) is 3.16. The molecule has 0 saturated heterocycles. The molecule has 0 bridgehead atoms. The zero-order valence-electron chi connectivity index (χ0n) is 8.15. The Morgan fingerprint density at radius 2 is 2.00 bits per heavy atom. The normalized spacial score (nSPS) is 11.2. The Hall–Kier alpha value is -1.80. The fraction of sp³-hybridized carbons (Fsp3) is 0.0909. The number of nitrogens with zero attached hydrogens (tertiary/aromatic N) is 2. The number of aromatic nitrogens is 1. The van der Waals surface area contributed by atoms with E-state index in [4.69, 9.17) is 5.26 Å². The molecule has 0 radical (unpaired) electrons. The van der Waals surface area contributed by atoms with Crippen molar-refractivity contribution < 1.29 is 8.78 Å². The average Bonchev–Trinajstić information content (AvgIpc) is 2.67. The van der Waals surface area contributed by atoms with Gasteiger partial charge in [0.1, 0.15) is 6.42 Å². The summed E-state index contributed by atoms with van der Waals surface area (Å²) in [6.07, 6.45) is 1.57. The van der Waals surface area contributed by atoms with Crippen LogP contribution in [-0.2, 0) is 6.42 Å². The molecule has 0 spiro atoms. The molecule has 0 aliphatic heterocycles. The smallest absolute Gasteiger partial charge is 0.204 e. The second-order valence-electron chi connectivity index (χ2n) is 3.03. The van der Waals surface area contributed by atoms with Gasteiger partial charge in [-0.25, -0.2) is 13.8 Å². The molecule has 80 valence electrons. The van der Waals surface area contributed by atoms with E-state index in [1.165, 1.54) is 24.4 Å². The van der Waals surface area contributed by atoms with Gasteiger partial charge in [-0.2, -0.15) is 5.26 Å². The molecule has 1 aromatic heterocycles. The van der Waals surface area contributed by atoms with Crippen molar-refractivity contribution in [2.45, 2.75) is 6.42 Å². The molecule has 0 aliphatic rings. The van der Waals surface area contributed by atoms with Crippen LogP contribution in [0.5, 0.6) is 0 Å². The van der Waals surface area contributed by atoms with Crippen molar-refractivity contribution in [2.24, 2.45) is 0 Å². The molecule has 5 heteroatoms. The highest BCUT2D eigenvalue weighted by atomic mass is 32.2. The maximum atomic E-state index is 13.5. The summed E-state index contributed by atoms with van der Waals surface area (Å²) < 4.78 is 27.0. The fourth-order valence-electron chi connectivity index (χ4n) is 1.38. The lowest BCUT2D eigenvalue weighted by molar-refractivity contribution is 0.595. The minimum absolute atomic E-state index is 0.00903. The van der Waals surface area contributed by atoms with Gasteiger partial charge in [0.15, 0.2) is 17.0 Å². The first kappa shape index (κ1) is 10.7. The van der Waals surface area contributed by atoms with E-state index < -0.39 is 22.1 Å². The summed E-state index contributed by atoms with van der Waals surface area (Å²) in [5.74, 6) is -1.19. The van der Waals surface area contributed by atoms with Crippen molar-refractivity contribution >= 4 is 10.5 Å². The van der Waals surface area contributed by atoms with Crippen LogP contribution in [0.2, 0.25) is 0 Å². The van der Waals surface area contributed by atoms with E-state index >= 15 is 0 Å². The van der Waals surface area contributed by atoms with Gasteiger partial charge in [0, 0.05) is 10.5 Å². The van der Waals surface area contributed by atoms with Gasteiger partial charge in [0.2, 0.25) is 0 Å². The van der Waals surface area contributed by atoms with Gasteiger partial charge in [-0.3, -0.25) is 0 Å². The molecule has 16 heavy (non-hydrogen) atoms. The van der Waals surface area contributed by atoms with Crippen molar-refractivity contribution in [2.75, 3.05) is 0 Å². The number of nitriles is 1. The molecule has 1 aromatic carbocycles. The van der Waals surface area contributed by atoms with Crippen LogP contribution in [0.25, 0.3) is 4.90 Å². The van der Waals surface area contributed by atoms with Crippen LogP contribution in [0.15, 0.2) is 29.8 Å². The Labute approximate surface area is 93.8 Å². The number of hydrogen-bond acceptors (Lipinski definition) is 2. The van der Waals surface area contributed by atoms with Crippen molar-refractivity contribution in [3.8, 4) is 11.0 Å². The first-order chi connectivity index (χ1) is 7.74. The molecule has 2 aromatic rings. The minimum Gasteiger partial charge on any atom is -0.204 e. The summed E-state index contributed by atoms with van der Waals surface area (Å²) in [5, 5.41) is 10.7. The van der Waals surface area contributed by atoms with Gasteiger partial charge < -0.3 is 0 Å². The first-order valence-corrected chi connectivity index (χ1v) is 5.80. The van der Waals surface area contributed by atoms with Crippen molar-refractivity contribution in [3.63, 3.8) is 0 Å². The lowest BCUT2D eigenvalue weighted by Gasteiger charge is -1.95. The first-order valence-electron chi connectivity index (χ1n) is 4.51. The molecule has 2 nitrogen and oxygen atoms in total. The van der Waals surface area contributed by atoms with Crippen LogP contribution in [0.4, 0.5) is 8.78 Å². The highest BCUT2D eigenvalue weighted by Gasteiger charge is 2.25. The van der Waals surface area contributed by atoms with Gasteiger partial charge in [0.25, 0.3) is 9.90 Å². The molecule has 1 atom stereocenters. The zero-order valence-corrected chi connectivity index (χ0v) is 8.97. The number of halogens is 2. The molecule has 0 aliphatic carbocycles. The summed E-state index contributed by atoms with van der Waals surface area (Å²) in [7, 11) is -0.855. The maximum absolute atomic E-state index is 13.5. The third-order valence-electron chi connectivity index (χ3n) is 2.04. The summed E-state index contributed by atoms with van der Waals surface area (Å²) in [6, 6.07) is 5.68. The van der Waals surface area contributed by atoms with Crippen LogP contribution in [-0.4, -0.2) is 4.98 Å². The average molecular weight is 237 g/mol. The van der Waals surface area contributed by atoms with Gasteiger partial charge in [-0.1, -0.05) is 6.07 Å². The van der Waals surface area contributed by atoms with Crippen LogP contribution in [0.3, 0.4) is 0 Å². The highest BCUT2D eigenvalue weighted by molar-refractivity contribution is 7.38. The van der Waals surface area contributed by atoms with Crippen molar-refractivity contribution in [1.82, 2.24) is 4.98 Å². The summed E-state index contributed by atoms with van der Waals surface area (Å²) in [5.41, 5.74) is 0. The summed E-state index contributed by atoms with van der Waals surface area (Å²) in [6.45, 7) is 0. The molecule has 1 heterocycles. The Morgan fingerprint density at radius 1 is 1.31 bits per heavy atom. The topological polar surface area (TPSA) is 36.7 Å². The van der Waals surface area contributed by atoms with E-state index in [0.717, 1.165) is 0 Å².